The third-order valence-electron chi connectivity index (χ3n) is 5.13. The van der Waals surface area contributed by atoms with Crippen LogP contribution < -0.4 is 0 Å². The van der Waals surface area contributed by atoms with Crippen molar-refractivity contribution in [2.45, 2.75) is 38.5 Å². The van der Waals surface area contributed by atoms with Crippen LogP contribution in [-0.4, -0.2) is 8.42 Å². The molecule has 0 spiro atoms. The summed E-state index contributed by atoms with van der Waals surface area (Å²) in [6.07, 6.45) is 3.75. The predicted molar refractivity (Wildman–Crippen MR) is 128 cm³/mol. The van der Waals surface area contributed by atoms with E-state index in [1.54, 1.807) is 13.0 Å². The first-order chi connectivity index (χ1) is 14.3. The fourth-order valence-corrected chi connectivity index (χ4v) is 5.01. The zero-order valence-electron chi connectivity index (χ0n) is 17.2. The van der Waals surface area contributed by atoms with Gasteiger partial charge in [0.05, 0.1) is 4.90 Å². The zero-order valence-corrected chi connectivity index (χ0v) is 19.6. The van der Waals surface area contributed by atoms with Gasteiger partial charge in [0, 0.05) is 15.7 Å². The number of rotatable bonds is 2. The molecule has 4 rings (SSSR count). The van der Waals surface area contributed by atoms with E-state index in [4.69, 9.17) is 22.3 Å². The van der Waals surface area contributed by atoms with Gasteiger partial charge in [-0.3, -0.25) is 0 Å². The molecule has 0 aliphatic heterocycles. The van der Waals surface area contributed by atoms with Gasteiger partial charge in [-0.2, -0.15) is 0 Å². The van der Waals surface area contributed by atoms with Crippen molar-refractivity contribution in [1.29, 1.82) is 0 Å². The van der Waals surface area contributed by atoms with Crippen LogP contribution in [-0.2, 0) is 21.9 Å². The number of aryl methyl sites for hydroxylation is 3. The fourth-order valence-electron chi connectivity index (χ4n) is 3.72. The molecule has 1 aliphatic rings. The summed E-state index contributed by atoms with van der Waals surface area (Å²) >= 11 is 6.32. The van der Waals surface area contributed by atoms with Gasteiger partial charge >= 0.3 is 0 Å². The van der Waals surface area contributed by atoms with Crippen LogP contribution in [0.25, 0.3) is 11.6 Å². The Morgan fingerprint density at radius 3 is 1.87 bits per heavy atom. The second-order valence-corrected chi connectivity index (χ2v) is 9.89. The maximum Gasteiger partial charge on any atom is 0.261 e. The Morgan fingerprint density at radius 2 is 1.37 bits per heavy atom. The molecule has 1 aliphatic carbocycles. The first kappa shape index (κ1) is 22.6. The van der Waals surface area contributed by atoms with Gasteiger partial charge in [0.25, 0.3) is 9.05 Å². The van der Waals surface area contributed by atoms with E-state index >= 15 is 0 Å². The molecule has 3 aromatic rings. The van der Waals surface area contributed by atoms with E-state index in [0.717, 1.165) is 29.5 Å². The average molecular weight is 459 g/mol. The molecule has 0 saturated heterocycles. The van der Waals surface area contributed by atoms with Crippen LogP contribution in [0, 0.1) is 6.92 Å². The molecule has 30 heavy (non-hydrogen) atoms. The minimum atomic E-state index is -3.92. The average Bonchev–Trinajstić information content (AvgIpc) is 2.89. The molecular weight excluding hydrogens is 435 g/mol. The van der Waals surface area contributed by atoms with Crippen molar-refractivity contribution in [1.82, 2.24) is 0 Å². The van der Waals surface area contributed by atoms with Crippen molar-refractivity contribution in [2.75, 3.05) is 0 Å². The molecule has 0 atom stereocenters. The monoisotopic (exact) mass is 458 g/mol. The van der Waals surface area contributed by atoms with E-state index in [1.807, 2.05) is 44.2 Å². The summed E-state index contributed by atoms with van der Waals surface area (Å²) < 4.78 is 24.4. The van der Waals surface area contributed by atoms with E-state index in [2.05, 4.69) is 24.3 Å². The van der Waals surface area contributed by atoms with Crippen molar-refractivity contribution in [3.8, 4) is 0 Å². The van der Waals surface area contributed by atoms with Gasteiger partial charge in [-0.15, -0.1) is 0 Å². The van der Waals surface area contributed by atoms with Crippen LogP contribution in [0.15, 0.2) is 65.6 Å². The lowest BCUT2D eigenvalue weighted by Gasteiger charge is -2.14. The van der Waals surface area contributed by atoms with Gasteiger partial charge in [0.2, 0.25) is 0 Å². The Labute approximate surface area is 188 Å². The van der Waals surface area contributed by atoms with Gasteiger partial charge in [-0.05, 0) is 76.9 Å². The molecule has 0 unspecified atom stereocenters. The molecule has 0 heterocycles. The fraction of sp³-hybridized carbons (Fsp3) is 0.200. The molecule has 0 N–H and O–H groups in total. The second kappa shape index (κ2) is 9.38. The summed E-state index contributed by atoms with van der Waals surface area (Å²) in [5, 5.41) is 0.506. The summed E-state index contributed by atoms with van der Waals surface area (Å²) in [7, 11) is 1.82. The summed E-state index contributed by atoms with van der Waals surface area (Å²) in [6, 6.07) is 19.7. The lowest BCUT2D eigenvalue weighted by molar-refractivity contribution is 0.609. The van der Waals surface area contributed by atoms with Gasteiger partial charge < -0.3 is 0 Å². The Morgan fingerprint density at radius 1 is 0.867 bits per heavy atom. The summed E-state index contributed by atoms with van der Waals surface area (Å²) in [5.74, 6) is 0. The minimum absolute atomic E-state index is 0.0720. The normalized spacial score (nSPS) is 12.8. The molecule has 0 amide bonds. The van der Waals surface area contributed by atoms with E-state index < -0.39 is 9.05 Å². The molecule has 2 nitrogen and oxygen atoms in total. The number of hydrogen-bond donors (Lipinski definition) is 0. The van der Waals surface area contributed by atoms with Crippen LogP contribution in [0.3, 0.4) is 0 Å². The first-order valence-electron chi connectivity index (χ1n) is 9.97. The molecule has 156 valence electrons. The maximum atomic E-state index is 12.2. The quantitative estimate of drug-likeness (QED) is 0.377. The Bertz CT molecular complexity index is 1160. The van der Waals surface area contributed by atoms with Crippen molar-refractivity contribution in [3.05, 3.63) is 99.1 Å². The Kier molecular flexibility index (Phi) is 7.07. The highest BCUT2D eigenvalue weighted by molar-refractivity contribution is 8.13. The SMILES string of the molecule is CC.Cc1cc(S(=O)(=O)Cl)c(C=C2c3ccccc3CCc3ccccc32)cc1Cl. The minimum Gasteiger partial charge on any atom is -0.207 e. The van der Waals surface area contributed by atoms with Gasteiger partial charge in [0.15, 0.2) is 0 Å². The Hall–Kier alpha value is -2.07. The second-order valence-electron chi connectivity index (χ2n) is 6.95. The molecule has 0 fully saturated rings. The van der Waals surface area contributed by atoms with Crippen LogP contribution >= 0.6 is 22.3 Å². The molecule has 5 heteroatoms. The predicted octanol–water partition coefficient (Wildman–Crippen LogP) is 7.29. The summed E-state index contributed by atoms with van der Waals surface area (Å²) in [6.45, 7) is 5.76. The molecule has 0 radical (unpaired) electrons. The van der Waals surface area contributed by atoms with Crippen molar-refractivity contribution < 1.29 is 8.42 Å². The van der Waals surface area contributed by atoms with Crippen molar-refractivity contribution in [2.24, 2.45) is 0 Å². The third kappa shape index (κ3) is 4.64. The molecule has 3 aromatic carbocycles. The van der Waals surface area contributed by atoms with Gasteiger partial charge in [0.1, 0.15) is 0 Å². The van der Waals surface area contributed by atoms with Crippen LogP contribution in [0.2, 0.25) is 5.02 Å². The van der Waals surface area contributed by atoms with Crippen molar-refractivity contribution >= 4 is 43.0 Å². The van der Waals surface area contributed by atoms with Crippen LogP contribution in [0.4, 0.5) is 0 Å². The summed E-state index contributed by atoms with van der Waals surface area (Å²) in [4.78, 5) is 0.0720. The standard InChI is InChI=1S/C23H18Cl2O2S.C2H6/c1-15-12-23(28(25,26)27)18(14-22(15)24)13-21-19-8-4-2-6-16(19)10-11-17-7-3-5-9-20(17)21;1-2/h2-9,12-14H,10-11H2,1H3;1-2H3. The number of fused-ring (bicyclic) bond motifs is 2. The molecule has 0 aromatic heterocycles. The highest BCUT2D eigenvalue weighted by Crippen LogP contribution is 2.37. The highest BCUT2D eigenvalue weighted by Gasteiger charge is 2.21. The van der Waals surface area contributed by atoms with Crippen LogP contribution in [0.5, 0.6) is 0 Å². The molecular formula is C25H24Cl2O2S. The highest BCUT2D eigenvalue weighted by atomic mass is 35.7. The smallest absolute Gasteiger partial charge is 0.207 e. The number of hydrogen-bond acceptors (Lipinski definition) is 2. The van der Waals surface area contributed by atoms with Crippen LogP contribution in [0.1, 0.15) is 47.2 Å². The lowest BCUT2D eigenvalue weighted by atomic mass is 9.92. The van der Waals surface area contributed by atoms with E-state index in [1.165, 1.54) is 17.2 Å². The zero-order chi connectivity index (χ0) is 21.9. The Balaban J connectivity index is 0.00000124. The van der Waals surface area contributed by atoms with Gasteiger partial charge in [-0.25, -0.2) is 8.42 Å². The number of halogens is 2. The van der Waals surface area contributed by atoms with E-state index in [9.17, 15) is 8.42 Å². The number of benzene rings is 3. The van der Waals surface area contributed by atoms with E-state index in [-0.39, 0.29) is 4.90 Å². The summed E-state index contributed by atoms with van der Waals surface area (Å²) in [5.41, 5.74) is 6.81. The topological polar surface area (TPSA) is 34.1 Å². The molecule has 0 saturated carbocycles. The van der Waals surface area contributed by atoms with Crippen molar-refractivity contribution in [3.63, 3.8) is 0 Å². The maximum absolute atomic E-state index is 12.2. The first-order valence-corrected chi connectivity index (χ1v) is 12.7. The lowest BCUT2D eigenvalue weighted by Crippen LogP contribution is -1.98. The van der Waals surface area contributed by atoms with E-state index in [0.29, 0.717) is 16.1 Å². The third-order valence-corrected chi connectivity index (χ3v) is 6.92. The van der Waals surface area contributed by atoms with Gasteiger partial charge in [-0.1, -0.05) is 74.0 Å². The largest absolute Gasteiger partial charge is 0.261 e. The molecule has 0 bridgehead atoms.